The lowest BCUT2D eigenvalue weighted by Crippen LogP contribution is -2.30. The number of imidazole rings is 1. The molecule has 0 atom stereocenters. The topological polar surface area (TPSA) is 77.5 Å². The van der Waals surface area contributed by atoms with E-state index in [1.807, 2.05) is 46.0 Å². The maximum Gasteiger partial charge on any atom is 0.147 e. The summed E-state index contributed by atoms with van der Waals surface area (Å²) in [5, 5.41) is 16.4. The second kappa shape index (κ2) is 7.56. The molecule has 0 spiro atoms. The number of ether oxygens (including phenoxy) is 1. The van der Waals surface area contributed by atoms with Crippen LogP contribution < -0.4 is 0 Å². The summed E-state index contributed by atoms with van der Waals surface area (Å²) in [7, 11) is 0. The molecule has 1 aromatic carbocycles. The summed E-state index contributed by atoms with van der Waals surface area (Å²) in [6.45, 7) is 1.15. The fraction of sp³-hybridized carbons (Fsp3) is 0.174. The number of nitrogens with zero attached hydrogens (tertiary/aromatic N) is 5. The molecule has 0 saturated carbocycles. The molecule has 0 radical (unpaired) electrons. The summed E-state index contributed by atoms with van der Waals surface area (Å²) in [4.78, 5) is 9.49. The Morgan fingerprint density at radius 1 is 1.09 bits per heavy atom. The molecule has 0 amide bonds. The molecule has 0 unspecified atom stereocenters. The van der Waals surface area contributed by atoms with Gasteiger partial charge in [-0.2, -0.15) is 5.10 Å². The lowest BCUT2D eigenvalue weighted by atomic mass is 10.1. The molecule has 1 aliphatic heterocycles. The predicted molar refractivity (Wildman–Crippen MR) is 123 cm³/mol. The van der Waals surface area contributed by atoms with Crippen molar-refractivity contribution in [2.75, 3.05) is 13.2 Å². The van der Waals surface area contributed by atoms with Gasteiger partial charge in [0, 0.05) is 40.7 Å². The van der Waals surface area contributed by atoms with E-state index >= 15 is 0 Å². The zero-order chi connectivity index (χ0) is 21.8. The lowest BCUT2D eigenvalue weighted by molar-refractivity contribution is -0.0286. The molecule has 5 aromatic rings. The zero-order valence-corrected chi connectivity index (χ0v) is 18.3. The number of aromatic nitrogens is 5. The molecule has 32 heavy (non-hydrogen) atoms. The van der Waals surface area contributed by atoms with Crippen molar-refractivity contribution in [1.82, 2.24) is 24.1 Å². The second-order valence-electron chi connectivity index (χ2n) is 7.73. The largest absolute Gasteiger partial charge is 0.390 e. The molecular formula is C23H17Cl2N5O2. The van der Waals surface area contributed by atoms with E-state index in [9.17, 15) is 5.11 Å². The molecule has 160 valence electrons. The van der Waals surface area contributed by atoms with Crippen LogP contribution in [0.3, 0.4) is 0 Å². The first kappa shape index (κ1) is 19.7. The molecular weight excluding hydrogens is 449 g/mol. The molecule has 0 aliphatic carbocycles. The van der Waals surface area contributed by atoms with Crippen LogP contribution in [0.15, 0.2) is 55.1 Å². The lowest BCUT2D eigenvalue weighted by Gasteiger charge is -2.25. The van der Waals surface area contributed by atoms with Crippen LogP contribution in [-0.4, -0.2) is 42.5 Å². The van der Waals surface area contributed by atoms with Gasteiger partial charge in [-0.3, -0.25) is 9.67 Å². The third-order valence-electron chi connectivity index (χ3n) is 5.83. The van der Waals surface area contributed by atoms with E-state index in [2.05, 4.69) is 10.1 Å². The smallest absolute Gasteiger partial charge is 0.147 e. The van der Waals surface area contributed by atoms with Crippen LogP contribution in [0, 0.1) is 0 Å². The number of halogens is 2. The Hall–Kier alpha value is -2.97. The van der Waals surface area contributed by atoms with Gasteiger partial charge < -0.3 is 14.2 Å². The highest BCUT2D eigenvalue weighted by molar-refractivity contribution is 6.39. The Morgan fingerprint density at radius 3 is 2.62 bits per heavy atom. The van der Waals surface area contributed by atoms with E-state index in [1.54, 1.807) is 18.2 Å². The fourth-order valence-electron chi connectivity index (χ4n) is 4.05. The minimum atomic E-state index is -0.215. The van der Waals surface area contributed by atoms with Crippen molar-refractivity contribution in [1.29, 1.82) is 0 Å². The van der Waals surface area contributed by atoms with Crippen LogP contribution in [0.4, 0.5) is 0 Å². The maximum absolute atomic E-state index is 10.2. The van der Waals surface area contributed by atoms with Crippen molar-refractivity contribution in [2.45, 2.75) is 12.6 Å². The number of rotatable bonds is 4. The van der Waals surface area contributed by atoms with Crippen molar-refractivity contribution in [2.24, 2.45) is 0 Å². The minimum absolute atomic E-state index is 0.215. The van der Waals surface area contributed by atoms with Gasteiger partial charge in [0.25, 0.3) is 0 Å². The molecule has 5 heterocycles. The fourth-order valence-corrected chi connectivity index (χ4v) is 4.62. The Bertz CT molecular complexity index is 1470. The van der Waals surface area contributed by atoms with E-state index in [0.717, 1.165) is 22.0 Å². The van der Waals surface area contributed by atoms with Crippen LogP contribution in [0.25, 0.3) is 38.9 Å². The van der Waals surface area contributed by atoms with E-state index in [1.165, 1.54) is 0 Å². The van der Waals surface area contributed by atoms with Gasteiger partial charge in [-0.05, 0) is 24.3 Å². The van der Waals surface area contributed by atoms with E-state index in [4.69, 9.17) is 32.9 Å². The molecule has 0 bridgehead atoms. The predicted octanol–water partition coefficient (Wildman–Crippen LogP) is 4.78. The first-order chi connectivity index (χ1) is 15.6. The normalized spacial score (nSPS) is 14.3. The molecule has 1 aliphatic rings. The van der Waals surface area contributed by atoms with Crippen molar-refractivity contribution in [3.63, 3.8) is 0 Å². The third kappa shape index (κ3) is 3.01. The summed E-state index contributed by atoms with van der Waals surface area (Å²) in [6.07, 6.45) is 7.53. The van der Waals surface area contributed by atoms with Gasteiger partial charge in [0.15, 0.2) is 0 Å². The maximum atomic E-state index is 10.2. The minimum Gasteiger partial charge on any atom is -0.390 e. The van der Waals surface area contributed by atoms with Crippen molar-refractivity contribution >= 4 is 39.8 Å². The third-order valence-corrected chi connectivity index (χ3v) is 6.46. The summed E-state index contributed by atoms with van der Waals surface area (Å²) < 4.78 is 9.05. The Balaban J connectivity index is 1.55. The summed E-state index contributed by atoms with van der Waals surface area (Å²) in [5.41, 5.74) is 5.14. The Labute approximate surface area is 192 Å². The van der Waals surface area contributed by atoms with Gasteiger partial charge in [-0.1, -0.05) is 29.3 Å². The first-order valence-corrected chi connectivity index (χ1v) is 10.9. The highest BCUT2D eigenvalue weighted by atomic mass is 35.5. The first-order valence-electron chi connectivity index (χ1n) is 10.1. The van der Waals surface area contributed by atoms with Gasteiger partial charge in [0.1, 0.15) is 5.65 Å². The Kier molecular flexibility index (Phi) is 4.66. The van der Waals surface area contributed by atoms with E-state index < -0.39 is 0 Å². The molecule has 6 rings (SSSR count). The summed E-state index contributed by atoms with van der Waals surface area (Å²) in [6, 6.07) is 9.53. The summed E-state index contributed by atoms with van der Waals surface area (Å²) in [5.74, 6) is 0. The molecule has 9 heteroatoms. The standard InChI is InChI=1S/C23H17Cl2N5O2/c24-17-2-1-3-18(25)21(17)22-20(10-31)29-5-4-19-16(23(29)28-22)6-13(7-26-19)14-8-27-30(9-14)15-11-32-12-15/h1-9,15,31H,10-12H2. The average molecular weight is 466 g/mol. The van der Waals surface area contributed by atoms with Crippen molar-refractivity contribution in [3.8, 4) is 22.4 Å². The highest BCUT2D eigenvalue weighted by Crippen LogP contribution is 2.37. The van der Waals surface area contributed by atoms with Gasteiger partial charge in [0.05, 0.1) is 59.0 Å². The van der Waals surface area contributed by atoms with E-state index in [-0.39, 0.29) is 12.6 Å². The van der Waals surface area contributed by atoms with Gasteiger partial charge in [-0.25, -0.2) is 4.98 Å². The Morgan fingerprint density at radius 2 is 1.91 bits per heavy atom. The average Bonchev–Trinajstić information content (AvgIpc) is 3.37. The van der Waals surface area contributed by atoms with Gasteiger partial charge in [0.2, 0.25) is 0 Å². The molecule has 7 nitrogen and oxygen atoms in total. The molecule has 1 fully saturated rings. The van der Waals surface area contributed by atoms with Crippen LogP contribution >= 0.6 is 23.2 Å². The second-order valence-corrected chi connectivity index (χ2v) is 8.54. The van der Waals surface area contributed by atoms with Crippen LogP contribution in [0.5, 0.6) is 0 Å². The zero-order valence-electron chi connectivity index (χ0n) is 16.7. The van der Waals surface area contributed by atoms with Crippen LogP contribution in [0.1, 0.15) is 11.7 Å². The van der Waals surface area contributed by atoms with Gasteiger partial charge in [-0.15, -0.1) is 0 Å². The number of pyridine rings is 2. The van der Waals surface area contributed by atoms with Crippen molar-refractivity contribution in [3.05, 3.63) is 70.9 Å². The highest BCUT2D eigenvalue weighted by Gasteiger charge is 2.22. The SMILES string of the molecule is OCc1c(-c2c(Cl)cccc2Cl)nc2c3cc(-c4cnn(C5COC5)c4)cnc3ccn12. The van der Waals surface area contributed by atoms with Gasteiger partial charge >= 0.3 is 0 Å². The number of hydrogen-bond donors (Lipinski definition) is 1. The number of fused-ring (bicyclic) bond motifs is 3. The monoisotopic (exact) mass is 465 g/mol. The molecule has 4 aromatic heterocycles. The van der Waals surface area contributed by atoms with Crippen LogP contribution in [-0.2, 0) is 11.3 Å². The summed E-state index contributed by atoms with van der Waals surface area (Å²) >= 11 is 12.9. The quantitative estimate of drug-likeness (QED) is 0.413. The van der Waals surface area contributed by atoms with E-state index in [0.29, 0.717) is 45.9 Å². The molecule has 1 N–H and O–H groups in total. The number of benzene rings is 1. The number of hydrogen-bond acceptors (Lipinski definition) is 5. The molecule has 1 saturated heterocycles. The van der Waals surface area contributed by atoms with Crippen molar-refractivity contribution < 1.29 is 9.84 Å². The number of aliphatic hydroxyl groups excluding tert-OH is 1. The number of aliphatic hydroxyl groups is 1. The van der Waals surface area contributed by atoms with Crippen LogP contribution in [0.2, 0.25) is 10.0 Å².